The van der Waals surface area contributed by atoms with E-state index in [9.17, 15) is 0 Å². The molecule has 0 spiro atoms. The molecule has 0 bridgehead atoms. The zero-order valence-corrected chi connectivity index (χ0v) is 14.9. The summed E-state index contributed by atoms with van der Waals surface area (Å²) in [7, 11) is 0. The van der Waals surface area contributed by atoms with Crippen molar-refractivity contribution in [3.05, 3.63) is 35.7 Å². The second kappa shape index (κ2) is 11.2. The third-order valence-electron chi connectivity index (χ3n) is 3.15. The van der Waals surface area contributed by atoms with Crippen LogP contribution in [0.5, 0.6) is 0 Å². The van der Waals surface area contributed by atoms with E-state index in [1.807, 2.05) is 20.0 Å². The van der Waals surface area contributed by atoms with Crippen LogP contribution in [0, 0.1) is 0 Å². The summed E-state index contributed by atoms with van der Waals surface area (Å²) in [6.45, 7) is 14.8. The minimum absolute atomic E-state index is 0.488. The van der Waals surface area contributed by atoms with Gasteiger partial charge in [-0.25, -0.2) is 4.98 Å². The van der Waals surface area contributed by atoms with Gasteiger partial charge < -0.3 is 0 Å². The molecule has 0 aliphatic rings. The molecule has 118 valence electrons. The van der Waals surface area contributed by atoms with E-state index in [-0.39, 0.29) is 0 Å². The van der Waals surface area contributed by atoms with Crippen LogP contribution < -0.4 is 0 Å². The number of aryl methyl sites for hydroxylation is 1. The maximum Gasteiger partial charge on any atom is 0.0892 e. The maximum atomic E-state index is 4.69. The summed E-state index contributed by atoms with van der Waals surface area (Å²) in [6.07, 6.45) is 5.31. The molecule has 0 saturated carbocycles. The van der Waals surface area contributed by atoms with Crippen molar-refractivity contribution in [1.29, 1.82) is 0 Å². The van der Waals surface area contributed by atoms with E-state index in [1.54, 1.807) is 0 Å². The summed E-state index contributed by atoms with van der Waals surface area (Å²) in [5.41, 5.74) is 4.44. The van der Waals surface area contributed by atoms with Gasteiger partial charge in [-0.1, -0.05) is 61.0 Å². The second-order valence-corrected chi connectivity index (χ2v) is 4.99. The Morgan fingerprint density at radius 2 is 1.62 bits per heavy atom. The highest BCUT2D eigenvalue weighted by molar-refractivity contribution is 5.74. The fourth-order valence-corrected chi connectivity index (χ4v) is 1.74. The molecule has 2 rings (SSSR count). The molecule has 0 radical (unpaired) electrons. The van der Waals surface area contributed by atoms with Gasteiger partial charge in [0.1, 0.15) is 0 Å². The Bertz CT molecular complexity index is 506. The summed E-state index contributed by atoms with van der Waals surface area (Å²) >= 11 is 0. The van der Waals surface area contributed by atoms with Crippen LogP contribution in [-0.4, -0.2) is 9.97 Å². The topological polar surface area (TPSA) is 25.8 Å². The molecule has 0 aliphatic carbocycles. The molecule has 2 aromatic rings. The van der Waals surface area contributed by atoms with E-state index < -0.39 is 0 Å². The largest absolute Gasteiger partial charge is 0.253 e. The van der Waals surface area contributed by atoms with Gasteiger partial charge in [-0.3, -0.25) is 4.98 Å². The van der Waals surface area contributed by atoms with Crippen LogP contribution in [-0.2, 0) is 6.42 Å². The lowest BCUT2D eigenvalue weighted by Gasteiger charge is -2.08. The normalized spacial score (nSPS) is 11.0. The summed E-state index contributed by atoms with van der Waals surface area (Å²) in [6, 6.07) is 6.33. The van der Waals surface area contributed by atoms with Crippen molar-refractivity contribution in [3.63, 3.8) is 0 Å². The molecule has 1 heterocycles. The number of hydrogen-bond donors (Lipinski definition) is 0. The SMILES string of the molecule is CC.CCC.CCc1ccc2ncc(C(C)CC)nc2c1. The maximum absolute atomic E-state index is 4.69. The van der Waals surface area contributed by atoms with Crippen LogP contribution in [0.4, 0.5) is 0 Å². The van der Waals surface area contributed by atoms with Gasteiger partial charge in [0.25, 0.3) is 0 Å². The highest BCUT2D eigenvalue weighted by atomic mass is 14.8. The van der Waals surface area contributed by atoms with Gasteiger partial charge in [0, 0.05) is 6.20 Å². The average molecular weight is 288 g/mol. The van der Waals surface area contributed by atoms with E-state index in [4.69, 9.17) is 4.98 Å². The highest BCUT2D eigenvalue weighted by Gasteiger charge is 2.06. The molecule has 0 fully saturated rings. The minimum atomic E-state index is 0.488. The zero-order valence-electron chi connectivity index (χ0n) is 14.9. The Balaban J connectivity index is 0.000000713. The first-order chi connectivity index (χ1) is 10.2. The van der Waals surface area contributed by atoms with Crippen LogP contribution in [0.3, 0.4) is 0 Å². The monoisotopic (exact) mass is 288 g/mol. The van der Waals surface area contributed by atoms with Gasteiger partial charge in [0.2, 0.25) is 0 Å². The lowest BCUT2D eigenvalue weighted by atomic mass is 10.1. The standard InChI is InChI=1S/C14H18N2.C3H8.C2H6/c1-4-10(3)14-9-15-12-7-6-11(5-2)8-13(12)16-14;1-3-2;1-2/h6-10H,4-5H2,1-3H3;3H2,1-2H3;1-2H3. The zero-order chi connectivity index (χ0) is 16.3. The van der Waals surface area contributed by atoms with Crippen molar-refractivity contribution in [3.8, 4) is 0 Å². The van der Waals surface area contributed by atoms with Crippen LogP contribution in [0.2, 0.25) is 0 Å². The number of nitrogens with zero attached hydrogens (tertiary/aromatic N) is 2. The molecule has 1 aromatic heterocycles. The van der Waals surface area contributed by atoms with Crippen molar-refractivity contribution in [2.24, 2.45) is 0 Å². The first kappa shape index (κ1) is 19.6. The van der Waals surface area contributed by atoms with Gasteiger partial charge in [-0.05, 0) is 36.5 Å². The Morgan fingerprint density at radius 1 is 1.00 bits per heavy atom. The van der Waals surface area contributed by atoms with E-state index >= 15 is 0 Å². The smallest absolute Gasteiger partial charge is 0.0892 e. The minimum Gasteiger partial charge on any atom is -0.253 e. The van der Waals surface area contributed by atoms with Crippen LogP contribution in [0.15, 0.2) is 24.4 Å². The molecule has 21 heavy (non-hydrogen) atoms. The van der Waals surface area contributed by atoms with Crippen molar-refractivity contribution < 1.29 is 0 Å². The predicted molar refractivity (Wildman–Crippen MR) is 94.9 cm³/mol. The summed E-state index contributed by atoms with van der Waals surface area (Å²) in [5.74, 6) is 0.488. The van der Waals surface area contributed by atoms with Crippen LogP contribution in [0.1, 0.15) is 78.5 Å². The third kappa shape index (κ3) is 6.24. The first-order valence-corrected chi connectivity index (χ1v) is 8.41. The Kier molecular flexibility index (Phi) is 10.5. The lowest BCUT2D eigenvalue weighted by molar-refractivity contribution is 0.707. The van der Waals surface area contributed by atoms with Gasteiger partial charge in [0.05, 0.1) is 16.7 Å². The fourth-order valence-electron chi connectivity index (χ4n) is 1.74. The van der Waals surface area contributed by atoms with Crippen molar-refractivity contribution in [2.75, 3.05) is 0 Å². The van der Waals surface area contributed by atoms with Crippen LogP contribution in [0.25, 0.3) is 11.0 Å². The molecule has 0 N–H and O–H groups in total. The molecule has 2 heteroatoms. The van der Waals surface area contributed by atoms with Crippen molar-refractivity contribution >= 4 is 11.0 Å². The predicted octanol–water partition coefficient (Wildman–Crippen LogP) is 6.15. The summed E-state index contributed by atoms with van der Waals surface area (Å²) in [5, 5.41) is 0. The number of rotatable bonds is 3. The summed E-state index contributed by atoms with van der Waals surface area (Å²) < 4.78 is 0. The number of benzene rings is 1. The Labute approximate surface area is 131 Å². The number of hydrogen-bond acceptors (Lipinski definition) is 2. The molecular formula is C19H32N2. The molecular weight excluding hydrogens is 256 g/mol. The molecule has 1 unspecified atom stereocenters. The highest BCUT2D eigenvalue weighted by Crippen LogP contribution is 2.19. The molecule has 0 saturated heterocycles. The van der Waals surface area contributed by atoms with E-state index in [0.717, 1.165) is 29.6 Å². The van der Waals surface area contributed by atoms with Gasteiger partial charge in [-0.2, -0.15) is 0 Å². The molecule has 1 aromatic carbocycles. The summed E-state index contributed by atoms with van der Waals surface area (Å²) in [4.78, 5) is 9.16. The Hall–Kier alpha value is -1.44. The molecule has 1 atom stereocenters. The van der Waals surface area contributed by atoms with Crippen molar-refractivity contribution in [2.45, 2.75) is 73.6 Å². The van der Waals surface area contributed by atoms with Gasteiger partial charge >= 0.3 is 0 Å². The second-order valence-electron chi connectivity index (χ2n) is 4.99. The van der Waals surface area contributed by atoms with Crippen LogP contribution >= 0.6 is 0 Å². The van der Waals surface area contributed by atoms with E-state index in [0.29, 0.717) is 5.92 Å². The fraction of sp³-hybridized carbons (Fsp3) is 0.579. The van der Waals surface area contributed by atoms with Gasteiger partial charge in [0.15, 0.2) is 0 Å². The quantitative estimate of drug-likeness (QED) is 0.677. The molecule has 0 aliphatic heterocycles. The third-order valence-corrected chi connectivity index (χ3v) is 3.15. The molecule has 2 nitrogen and oxygen atoms in total. The van der Waals surface area contributed by atoms with E-state index in [2.05, 4.69) is 57.8 Å². The lowest BCUT2D eigenvalue weighted by Crippen LogP contribution is -1.98. The van der Waals surface area contributed by atoms with Crippen molar-refractivity contribution in [1.82, 2.24) is 9.97 Å². The van der Waals surface area contributed by atoms with E-state index in [1.165, 1.54) is 12.0 Å². The molecule has 0 amide bonds. The van der Waals surface area contributed by atoms with Gasteiger partial charge in [-0.15, -0.1) is 0 Å². The Morgan fingerprint density at radius 3 is 2.14 bits per heavy atom. The average Bonchev–Trinajstić information content (AvgIpc) is 2.55. The number of fused-ring (bicyclic) bond motifs is 1. The first-order valence-electron chi connectivity index (χ1n) is 8.41. The number of aromatic nitrogens is 2.